The van der Waals surface area contributed by atoms with Crippen LogP contribution in [0.1, 0.15) is 12.5 Å². The lowest BCUT2D eigenvalue weighted by Gasteiger charge is -2.36. The van der Waals surface area contributed by atoms with Gasteiger partial charge in [-0.1, -0.05) is 0 Å². The van der Waals surface area contributed by atoms with E-state index in [0.29, 0.717) is 12.3 Å². The number of aliphatic imine (C=N–C) groups is 1. The van der Waals surface area contributed by atoms with Crippen LogP contribution in [0.15, 0.2) is 47.7 Å². The minimum absolute atomic E-state index is 0. The van der Waals surface area contributed by atoms with Gasteiger partial charge in [-0.15, -0.1) is 24.0 Å². The normalized spacial score (nSPS) is 14.8. The molecular formula is C20H26F3IN6O. The van der Waals surface area contributed by atoms with Crippen LogP contribution in [-0.4, -0.2) is 66.7 Å². The quantitative estimate of drug-likeness (QED) is 0.258. The van der Waals surface area contributed by atoms with Gasteiger partial charge in [-0.2, -0.15) is 13.2 Å². The van der Waals surface area contributed by atoms with Gasteiger partial charge in [0.15, 0.2) is 5.96 Å². The fraction of sp³-hybridized carbons (Fsp3) is 0.450. The smallest absolute Gasteiger partial charge is 0.416 e. The first-order valence-corrected chi connectivity index (χ1v) is 9.82. The maximum Gasteiger partial charge on any atom is 0.416 e. The Labute approximate surface area is 196 Å². The van der Waals surface area contributed by atoms with Crippen molar-refractivity contribution in [2.75, 3.05) is 50.8 Å². The van der Waals surface area contributed by atoms with Crippen LogP contribution in [0, 0.1) is 0 Å². The van der Waals surface area contributed by atoms with E-state index in [9.17, 15) is 13.2 Å². The summed E-state index contributed by atoms with van der Waals surface area (Å²) in [5.41, 5.74) is -0.692. The third kappa shape index (κ3) is 7.40. The fourth-order valence-corrected chi connectivity index (χ4v) is 3.05. The minimum atomic E-state index is -4.35. The number of nitrogens with one attached hydrogen (secondary N) is 1. The second-order valence-electron chi connectivity index (χ2n) is 6.63. The number of alkyl halides is 3. The number of halogens is 4. The predicted molar refractivity (Wildman–Crippen MR) is 124 cm³/mol. The van der Waals surface area contributed by atoms with Crippen molar-refractivity contribution in [2.45, 2.75) is 13.1 Å². The molecule has 0 radical (unpaired) electrons. The van der Waals surface area contributed by atoms with Crippen molar-refractivity contribution in [3.8, 4) is 5.75 Å². The number of nitrogens with zero attached hydrogens (tertiary/aromatic N) is 5. The number of guanidine groups is 1. The SMILES string of the molecule is CCNC(=NCCOc1ccc(C(F)(F)F)cc1)N1CCN(c2ncccn2)CC1.I. The summed E-state index contributed by atoms with van der Waals surface area (Å²) in [6.07, 6.45) is -0.881. The molecule has 0 aliphatic carbocycles. The number of ether oxygens (including phenoxy) is 1. The first kappa shape index (κ1) is 25.0. The van der Waals surface area contributed by atoms with E-state index >= 15 is 0 Å². The average molecular weight is 550 g/mol. The number of benzene rings is 1. The van der Waals surface area contributed by atoms with Gasteiger partial charge in [0.2, 0.25) is 5.95 Å². The van der Waals surface area contributed by atoms with Crippen LogP contribution in [-0.2, 0) is 6.18 Å². The molecule has 0 bridgehead atoms. The molecule has 1 aliphatic rings. The standard InChI is InChI=1S/C20H25F3N6O.HI/c1-2-24-18(28-11-13-29(14-12-28)19-25-8-3-9-26-19)27-10-15-30-17-6-4-16(5-7-17)20(21,22)23;/h3-9H,2,10-15H2,1H3,(H,24,27);1H. The van der Waals surface area contributed by atoms with Gasteiger partial charge in [0.1, 0.15) is 12.4 Å². The van der Waals surface area contributed by atoms with Crippen molar-refractivity contribution in [3.05, 3.63) is 48.3 Å². The second-order valence-corrected chi connectivity index (χ2v) is 6.63. The Kier molecular flexibility index (Phi) is 9.59. The summed E-state index contributed by atoms with van der Waals surface area (Å²) in [7, 11) is 0. The summed E-state index contributed by atoms with van der Waals surface area (Å²) in [5.74, 6) is 1.91. The van der Waals surface area contributed by atoms with E-state index in [4.69, 9.17) is 4.74 Å². The van der Waals surface area contributed by atoms with Crippen molar-refractivity contribution >= 4 is 35.9 Å². The van der Waals surface area contributed by atoms with Gasteiger partial charge in [0.25, 0.3) is 0 Å². The van der Waals surface area contributed by atoms with Crippen LogP contribution in [0.4, 0.5) is 19.1 Å². The molecule has 1 fully saturated rings. The number of rotatable bonds is 6. The van der Waals surface area contributed by atoms with Gasteiger partial charge < -0.3 is 19.9 Å². The summed E-state index contributed by atoms with van der Waals surface area (Å²) in [5, 5.41) is 3.28. The molecule has 11 heteroatoms. The van der Waals surface area contributed by atoms with Crippen molar-refractivity contribution in [1.82, 2.24) is 20.2 Å². The molecular weight excluding hydrogens is 524 g/mol. The highest BCUT2D eigenvalue weighted by molar-refractivity contribution is 14.0. The lowest BCUT2D eigenvalue weighted by Crippen LogP contribution is -2.53. The molecule has 0 atom stereocenters. The molecule has 0 saturated carbocycles. The Morgan fingerprint density at radius 1 is 1.10 bits per heavy atom. The molecule has 7 nitrogen and oxygen atoms in total. The summed E-state index contributed by atoms with van der Waals surface area (Å²) < 4.78 is 43.3. The first-order chi connectivity index (χ1) is 14.5. The molecule has 170 valence electrons. The van der Waals surface area contributed by atoms with Crippen molar-refractivity contribution in [3.63, 3.8) is 0 Å². The van der Waals surface area contributed by atoms with E-state index in [2.05, 4.69) is 30.1 Å². The summed E-state index contributed by atoms with van der Waals surface area (Å²) in [4.78, 5) is 17.5. The average Bonchev–Trinajstić information content (AvgIpc) is 2.76. The zero-order valence-corrected chi connectivity index (χ0v) is 19.5. The maximum absolute atomic E-state index is 12.6. The van der Waals surface area contributed by atoms with Gasteiger partial charge >= 0.3 is 6.18 Å². The molecule has 1 aromatic heterocycles. The molecule has 1 aliphatic heterocycles. The van der Waals surface area contributed by atoms with Crippen LogP contribution in [0.5, 0.6) is 5.75 Å². The van der Waals surface area contributed by atoms with E-state index in [1.807, 2.05) is 6.92 Å². The highest BCUT2D eigenvalue weighted by Crippen LogP contribution is 2.30. The van der Waals surface area contributed by atoms with Crippen molar-refractivity contribution in [1.29, 1.82) is 0 Å². The van der Waals surface area contributed by atoms with Crippen LogP contribution < -0.4 is 15.0 Å². The Morgan fingerprint density at radius 3 is 2.32 bits per heavy atom. The second kappa shape index (κ2) is 11.9. The monoisotopic (exact) mass is 550 g/mol. The van der Waals surface area contributed by atoms with Gasteiger partial charge in [-0.3, -0.25) is 0 Å². The molecule has 0 amide bonds. The molecule has 1 saturated heterocycles. The number of aromatic nitrogens is 2. The number of anilines is 1. The summed E-state index contributed by atoms with van der Waals surface area (Å²) in [6, 6.07) is 6.46. The van der Waals surface area contributed by atoms with Gasteiger partial charge in [-0.05, 0) is 37.3 Å². The molecule has 1 aromatic carbocycles. The van der Waals surface area contributed by atoms with E-state index in [1.165, 1.54) is 12.1 Å². The molecule has 3 rings (SSSR count). The molecule has 1 N–H and O–H groups in total. The molecule has 0 spiro atoms. The molecule has 31 heavy (non-hydrogen) atoms. The molecule has 2 heterocycles. The largest absolute Gasteiger partial charge is 0.492 e. The summed E-state index contributed by atoms with van der Waals surface area (Å²) in [6.45, 7) is 6.55. The zero-order chi connectivity index (χ0) is 21.4. The maximum atomic E-state index is 12.6. The Hall–Kier alpha value is -2.31. The molecule has 0 unspecified atom stereocenters. The fourth-order valence-electron chi connectivity index (χ4n) is 3.05. The third-order valence-electron chi connectivity index (χ3n) is 4.55. The van der Waals surface area contributed by atoms with Gasteiger partial charge in [-0.25, -0.2) is 15.0 Å². The number of piperazine rings is 1. The minimum Gasteiger partial charge on any atom is -0.492 e. The zero-order valence-electron chi connectivity index (χ0n) is 17.2. The Bertz CT molecular complexity index is 812. The van der Waals surface area contributed by atoms with Gasteiger partial charge in [0.05, 0.1) is 12.1 Å². The van der Waals surface area contributed by atoms with E-state index < -0.39 is 11.7 Å². The number of hydrogen-bond donors (Lipinski definition) is 1. The lowest BCUT2D eigenvalue weighted by atomic mass is 10.2. The predicted octanol–water partition coefficient (Wildman–Crippen LogP) is 3.28. The van der Waals surface area contributed by atoms with E-state index in [1.54, 1.807) is 18.5 Å². The van der Waals surface area contributed by atoms with Crippen LogP contribution in [0.25, 0.3) is 0 Å². The van der Waals surface area contributed by atoms with Crippen LogP contribution in [0.3, 0.4) is 0 Å². The van der Waals surface area contributed by atoms with Crippen LogP contribution >= 0.6 is 24.0 Å². The highest BCUT2D eigenvalue weighted by Gasteiger charge is 2.30. The van der Waals surface area contributed by atoms with Gasteiger partial charge in [0, 0.05) is 45.1 Å². The van der Waals surface area contributed by atoms with Crippen molar-refractivity contribution in [2.24, 2.45) is 4.99 Å². The van der Waals surface area contributed by atoms with E-state index in [-0.39, 0.29) is 30.6 Å². The Morgan fingerprint density at radius 2 is 1.74 bits per heavy atom. The first-order valence-electron chi connectivity index (χ1n) is 9.82. The third-order valence-corrected chi connectivity index (χ3v) is 4.55. The number of hydrogen-bond acceptors (Lipinski definition) is 5. The van der Waals surface area contributed by atoms with E-state index in [0.717, 1.165) is 56.8 Å². The topological polar surface area (TPSA) is 65.9 Å². The highest BCUT2D eigenvalue weighted by atomic mass is 127. The van der Waals surface area contributed by atoms with Crippen LogP contribution in [0.2, 0.25) is 0 Å². The van der Waals surface area contributed by atoms with Crippen molar-refractivity contribution < 1.29 is 17.9 Å². The summed E-state index contributed by atoms with van der Waals surface area (Å²) >= 11 is 0. The Balaban J connectivity index is 0.00000341. The molecule has 2 aromatic rings. The lowest BCUT2D eigenvalue weighted by molar-refractivity contribution is -0.137.